The van der Waals surface area contributed by atoms with Crippen molar-refractivity contribution in [2.45, 2.75) is 13.0 Å². The molecule has 0 aliphatic carbocycles. The van der Waals surface area contributed by atoms with Crippen molar-refractivity contribution in [3.05, 3.63) is 60.0 Å². The molecule has 0 fully saturated rings. The molecule has 0 amide bonds. The Morgan fingerprint density at radius 3 is 2.60 bits per heavy atom. The first kappa shape index (κ1) is 16.3. The highest BCUT2D eigenvalue weighted by Crippen LogP contribution is 2.33. The topological polar surface area (TPSA) is 29.5 Å². The highest BCUT2D eigenvalue weighted by Gasteiger charge is 2.15. The maximum atomic E-state index is 10.6. The van der Waals surface area contributed by atoms with Crippen molar-refractivity contribution in [3.63, 3.8) is 0 Å². The lowest BCUT2D eigenvalue weighted by Gasteiger charge is -2.15. The van der Waals surface area contributed by atoms with Crippen molar-refractivity contribution in [1.82, 2.24) is 0 Å². The number of aliphatic hydroxyl groups excluding tert-OH is 1. The fourth-order valence-electron chi connectivity index (χ4n) is 1.86. The summed E-state index contributed by atoms with van der Waals surface area (Å²) in [5, 5.41) is 10.6. The zero-order chi connectivity index (χ0) is 14.7. The minimum atomic E-state index is -0.661. The van der Waals surface area contributed by atoms with Gasteiger partial charge in [0.15, 0.2) is 0 Å². The van der Waals surface area contributed by atoms with Crippen molar-refractivity contribution in [1.29, 1.82) is 0 Å². The summed E-state index contributed by atoms with van der Waals surface area (Å²) < 4.78 is 8.32. The summed E-state index contributed by atoms with van der Waals surface area (Å²) in [6.07, 6.45) is -0.661. The lowest BCUT2D eigenvalue weighted by molar-refractivity contribution is 0.219. The van der Waals surface area contributed by atoms with Gasteiger partial charge >= 0.3 is 0 Å². The van der Waals surface area contributed by atoms with Crippen molar-refractivity contribution in [3.8, 4) is 5.75 Å². The van der Waals surface area contributed by atoms with Crippen LogP contribution >= 0.6 is 54.5 Å². The van der Waals surface area contributed by atoms with Crippen LogP contribution in [-0.2, 0) is 0 Å². The molecule has 106 valence electrons. The average Bonchev–Trinajstić information content (AvgIpc) is 2.43. The average molecular weight is 512 g/mol. The Morgan fingerprint density at radius 1 is 1.20 bits per heavy atom. The van der Waals surface area contributed by atoms with E-state index in [0.717, 1.165) is 29.4 Å². The minimum absolute atomic E-state index is 0.615. The number of halogens is 3. The first-order valence-electron chi connectivity index (χ1n) is 6.08. The maximum absolute atomic E-state index is 10.6. The standard InChI is InChI=1S/C15H13Br2IO2/c1-2-20-14-6-3-9(7-12(14)17)15(19)11-8-10(16)4-5-13(11)18/h3-8,15,19H,2H2,1H3. The van der Waals surface area contributed by atoms with Gasteiger partial charge in [0.25, 0.3) is 0 Å². The van der Waals surface area contributed by atoms with E-state index >= 15 is 0 Å². The Morgan fingerprint density at radius 2 is 1.95 bits per heavy atom. The van der Waals surface area contributed by atoms with Gasteiger partial charge in [-0.1, -0.05) is 22.0 Å². The molecule has 0 spiro atoms. The molecule has 20 heavy (non-hydrogen) atoms. The normalized spacial score (nSPS) is 12.2. The highest BCUT2D eigenvalue weighted by atomic mass is 127. The van der Waals surface area contributed by atoms with Crippen LogP contribution in [-0.4, -0.2) is 11.7 Å². The third kappa shape index (κ3) is 3.75. The monoisotopic (exact) mass is 510 g/mol. The van der Waals surface area contributed by atoms with Gasteiger partial charge in [-0.2, -0.15) is 0 Å². The molecule has 1 N–H and O–H groups in total. The van der Waals surface area contributed by atoms with E-state index in [1.807, 2.05) is 43.3 Å². The molecule has 0 aliphatic rings. The van der Waals surface area contributed by atoms with Crippen molar-refractivity contribution in [2.24, 2.45) is 0 Å². The van der Waals surface area contributed by atoms with Gasteiger partial charge < -0.3 is 9.84 Å². The third-order valence-electron chi connectivity index (χ3n) is 2.82. The van der Waals surface area contributed by atoms with E-state index in [-0.39, 0.29) is 0 Å². The molecule has 1 unspecified atom stereocenters. The third-order valence-corrected chi connectivity index (χ3v) is 4.92. The van der Waals surface area contributed by atoms with Crippen molar-refractivity contribution < 1.29 is 9.84 Å². The smallest absolute Gasteiger partial charge is 0.133 e. The van der Waals surface area contributed by atoms with Crippen LogP contribution in [0.4, 0.5) is 0 Å². The molecule has 2 aromatic carbocycles. The number of aliphatic hydroxyl groups is 1. The van der Waals surface area contributed by atoms with Crippen LogP contribution in [0.1, 0.15) is 24.2 Å². The number of ether oxygens (including phenoxy) is 1. The lowest BCUT2D eigenvalue weighted by Crippen LogP contribution is -2.03. The Labute approximate surface area is 148 Å². The first-order valence-corrected chi connectivity index (χ1v) is 8.74. The number of rotatable bonds is 4. The summed E-state index contributed by atoms with van der Waals surface area (Å²) in [4.78, 5) is 0. The Kier molecular flexibility index (Phi) is 5.89. The van der Waals surface area contributed by atoms with Crippen LogP contribution in [0, 0.1) is 3.57 Å². The van der Waals surface area contributed by atoms with Gasteiger partial charge in [0.2, 0.25) is 0 Å². The first-order chi connectivity index (χ1) is 9.52. The van der Waals surface area contributed by atoms with Gasteiger partial charge in [0.05, 0.1) is 11.1 Å². The van der Waals surface area contributed by atoms with Gasteiger partial charge in [0.1, 0.15) is 11.9 Å². The second-order valence-electron chi connectivity index (χ2n) is 4.19. The SMILES string of the molecule is CCOc1ccc(C(O)c2cc(Br)ccc2I)cc1Br. The van der Waals surface area contributed by atoms with Crippen LogP contribution < -0.4 is 4.74 Å². The van der Waals surface area contributed by atoms with Crippen LogP contribution in [0.2, 0.25) is 0 Å². The predicted molar refractivity (Wildman–Crippen MR) is 96.2 cm³/mol. The molecule has 0 aliphatic heterocycles. The second-order valence-corrected chi connectivity index (χ2v) is 7.12. The number of hydrogen-bond acceptors (Lipinski definition) is 2. The Hall–Kier alpha value is -0.110. The predicted octanol–water partition coefficient (Wildman–Crippen LogP) is 5.30. The fourth-order valence-corrected chi connectivity index (χ4v) is 3.38. The molecule has 2 rings (SSSR count). The van der Waals surface area contributed by atoms with Crippen LogP contribution in [0.3, 0.4) is 0 Å². The van der Waals surface area contributed by atoms with Crippen molar-refractivity contribution in [2.75, 3.05) is 6.61 Å². The lowest BCUT2D eigenvalue weighted by atomic mass is 10.0. The Bertz CT molecular complexity index is 617. The molecule has 5 heteroatoms. The molecular formula is C15H13Br2IO2. The van der Waals surface area contributed by atoms with Gasteiger partial charge in [-0.05, 0) is 86.9 Å². The molecule has 0 bridgehead atoms. The van der Waals surface area contributed by atoms with E-state index in [4.69, 9.17) is 4.74 Å². The summed E-state index contributed by atoms with van der Waals surface area (Å²) in [6, 6.07) is 11.5. The summed E-state index contributed by atoms with van der Waals surface area (Å²) in [5.74, 6) is 0.785. The molecule has 0 saturated heterocycles. The van der Waals surface area contributed by atoms with Gasteiger partial charge in [0, 0.05) is 8.04 Å². The number of benzene rings is 2. The van der Waals surface area contributed by atoms with E-state index in [1.54, 1.807) is 0 Å². The second kappa shape index (κ2) is 7.24. The fraction of sp³-hybridized carbons (Fsp3) is 0.200. The summed E-state index contributed by atoms with van der Waals surface area (Å²) in [7, 11) is 0. The highest BCUT2D eigenvalue weighted by molar-refractivity contribution is 14.1. The number of hydrogen-bond donors (Lipinski definition) is 1. The van der Waals surface area contributed by atoms with E-state index < -0.39 is 6.10 Å². The van der Waals surface area contributed by atoms with E-state index in [1.165, 1.54) is 0 Å². The van der Waals surface area contributed by atoms with E-state index in [0.29, 0.717) is 6.61 Å². The quantitative estimate of drug-likeness (QED) is 0.565. The summed E-state index contributed by atoms with van der Waals surface area (Å²) in [5.41, 5.74) is 1.72. The van der Waals surface area contributed by atoms with Gasteiger partial charge in [-0.3, -0.25) is 0 Å². The zero-order valence-electron chi connectivity index (χ0n) is 10.7. The Balaban J connectivity index is 2.35. The zero-order valence-corrected chi connectivity index (χ0v) is 16.1. The summed E-state index contributed by atoms with van der Waals surface area (Å²) >= 11 is 9.15. The van der Waals surface area contributed by atoms with Gasteiger partial charge in [-0.15, -0.1) is 0 Å². The van der Waals surface area contributed by atoms with E-state index in [2.05, 4.69) is 54.5 Å². The molecule has 2 nitrogen and oxygen atoms in total. The molecule has 1 atom stereocenters. The largest absolute Gasteiger partial charge is 0.493 e. The van der Waals surface area contributed by atoms with Crippen LogP contribution in [0.25, 0.3) is 0 Å². The molecule has 2 aromatic rings. The van der Waals surface area contributed by atoms with Crippen LogP contribution in [0.15, 0.2) is 45.3 Å². The van der Waals surface area contributed by atoms with Crippen molar-refractivity contribution >= 4 is 54.5 Å². The van der Waals surface area contributed by atoms with E-state index in [9.17, 15) is 5.11 Å². The van der Waals surface area contributed by atoms with Crippen LogP contribution in [0.5, 0.6) is 5.75 Å². The molecule has 0 radical (unpaired) electrons. The molecular weight excluding hydrogens is 499 g/mol. The molecule has 0 saturated carbocycles. The maximum Gasteiger partial charge on any atom is 0.133 e. The minimum Gasteiger partial charge on any atom is -0.493 e. The summed E-state index contributed by atoms with van der Waals surface area (Å²) in [6.45, 7) is 2.56. The molecule has 0 aromatic heterocycles. The molecule has 0 heterocycles. The van der Waals surface area contributed by atoms with Gasteiger partial charge in [-0.25, -0.2) is 0 Å².